The molecular weight excluding hydrogens is 182 g/mol. The molecule has 0 saturated carbocycles. The zero-order chi connectivity index (χ0) is 10.6. The van der Waals surface area contributed by atoms with E-state index in [1.54, 1.807) is 7.05 Å². The number of ether oxygens (including phenoxy) is 1. The van der Waals surface area contributed by atoms with Crippen molar-refractivity contribution in [1.82, 2.24) is 0 Å². The molecule has 0 radical (unpaired) electrons. The van der Waals surface area contributed by atoms with Gasteiger partial charge in [-0.3, -0.25) is 4.79 Å². The summed E-state index contributed by atoms with van der Waals surface area (Å²) < 4.78 is 4.74. The third-order valence-corrected chi connectivity index (χ3v) is 2.75. The summed E-state index contributed by atoms with van der Waals surface area (Å²) in [6.07, 6.45) is 2.29. The second kappa shape index (κ2) is 4.75. The Bertz CT molecular complexity index is 204. The molecular formula is C10H19NO3. The SMILES string of the molecule is CCOC(=O)C1CCC[N+](C)([O-])CC1. The Balaban J connectivity index is 2.45. The van der Waals surface area contributed by atoms with Crippen LogP contribution in [-0.2, 0) is 9.53 Å². The van der Waals surface area contributed by atoms with E-state index in [-0.39, 0.29) is 16.5 Å². The van der Waals surface area contributed by atoms with E-state index in [0.717, 1.165) is 12.8 Å². The first-order chi connectivity index (χ1) is 6.55. The minimum atomic E-state index is -0.212. The van der Waals surface area contributed by atoms with Crippen LogP contribution in [-0.4, -0.2) is 37.4 Å². The highest BCUT2D eigenvalue weighted by Crippen LogP contribution is 2.21. The van der Waals surface area contributed by atoms with Crippen LogP contribution in [0.2, 0.25) is 0 Å². The molecule has 1 aliphatic heterocycles. The normalized spacial score (nSPS) is 33.5. The number of quaternary nitrogens is 1. The molecule has 82 valence electrons. The molecule has 1 heterocycles. The van der Waals surface area contributed by atoms with Crippen molar-refractivity contribution in [1.29, 1.82) is 0 Å². The Morgan fingerprint density at radius 1 is 1.50 bits per heavy atom. The predicted octanol–water partition coefficient (Wildman–Crippen LogP) is 1.29. The van der Waals surface area contributed by atoms with E-state index in [1.165, 1.54) is 0 Å². The van der Waals surface area contributed by atoms with Gasteiger partial charge in [0.05, 0.1) is 32.7 Å². The van der Waals surface area contributed by atoms with E-state index in [2.05, 4.69) is 0 Å². The lowest BCUT2D eigenvalue weighted by atomic mass is 10.0. The van der Waals surface area contributed by atoms with Crippen LogP contribution in [0.4, 0.5) is 0 Å². The number of likely N-dealkylation sites (tertiary alicyclic amines) is 1. The van der Waals surface area contributed by atoms with Crippen LogP contribution in [0.1, 0.15) is 26.2 Å². The molecule has 2 unspecified atom stereocenters. The fraction of sp³-hybridized carbons (Fsp3) is 0.900. The van der Waals surface area contributed by atoms with Crippen molar-refractivity contribution in [3.63, 3.8) is 0 Å². The molecule has 4 nitrogen and oxygen atoms in total. The highest BCUT2D eigenvalue weighted by atomic mass is 16.5. The van der Waals surface area contributed by atoms with Gasteiger partial charge in [0, 0.05) is 6.42 Å². The first kappa shape index (κ1) is 11.5. The van der Waals surface area contributed by atoms with Crippen LogP contribution < -0.4 is 0 Å². The summed E-state index contributed by atoms with van der Waals surface area (Å²) in [5.41, 5.74) is 0. The molecule has 0 aromatic rings. The molecule has 0 aromatic carbocycles. The van der Waals surface area contributed by atoms with Crippen molar-refractivity contribution in [2.75, 3.05) is 26.7 Å². The first-order valence-corrected chi connectivity index (χ1v) is 5.27. The van der Waals surface area contributed by atoms with Crippen LogP contribution in [0.15, 0.2) is 0 Å². The number of nitrogens with zero attached hydrogens (tertiary/aromatic N) is 1. The minimum Gasteiger partial charge on any atom is -0.633 e. The van der Waals surface area contributed by atoms with E-state index in [0.29, 0.717) is 26.1 Å². The molecule has 0 spiro atoms. The molecule has 1 aliphatic rings. The van der Waals surface area contributed by atoms with Gasteiger partial charge in [-0.15, -0.1) is 0 Å². The van der Waals surface area contributed by atoms with Crippen molar-refractivity contribution in [2.24, 2.45) is 5.92 Å². The van der Waals surface area contributed by atoms with Gasteiger partial charge >= 0.3 is 5.97 Å². The number of rotatable bonds is 2. The molecule has 1 rings (SSSR count). The molecule has 1 saturated heterocycles. The fourth-order valence-corrected chi connectivity index (χ4v) is 1.85. The minimum absolute atomic E-state index is 0.0520. The lowest BCUT2D eigenvalue weighted by molar-refractivity contribution is -0.859. The van der Waals surface area contributed by atoms with E-state index in [9.17, 15) is 10.0 Å². The van der Waals surface area contributed by atoms with E-state index < -0.39 is 0 Å². The maximum atomic E-state index is 11.7. The molecule has 1 fully saturated rings. The Morgan fingerprint density at radius 3 is 2.86 bits per heavy atom. The zero-order valence-electron chi connectivity index (χ0n) is 8.99. The Kier molecular flexibility index (Phi) is 3.89. The van der Waals surface area contributed by atoms with Gasteiger partial charge in [-0.1, -0.05) is 0 Å². The van der Waals surface area contributed by atoms with E-state index >= 15 is 0 Å². The lowest BCUT2D eigenvalue weighted by Crippen LogP contribution is -2.38. The van der Waals surface area contributed by atoms with Crippen molar-refractivity contribution >= 4 is 5.97 Å². The van der Waals surface area contributed by atoms with Crippen molar-refractivity contribution in [2.45, 2.75) is 26.2 Å². The second-order valence-electron chi connectivity index (χ2n) is 4.12. The van der Waals surface area contributed by atoms with Crippen LogP contribution in [0.3, 0.4) is 0 Å². The number of hydrogen-bond donors (Lipinski definition) is 0. The fourth-order valence-electron chi connectivity index (χ4n) is 1.85. The van der Waals surface area contributed by atoms with Gasteiger partial charge in [-0.05, 0) is 19.8 Å². The van der Waals surface area contributed by atoms with E-state index in [4.69, 9.17) is 4.74 Å². The summed E-state index contributed by atoms with van der Waals surface area (Å²) in [5, 5.41) is 11.7. The molecule has 0 amide bonds. The Hall–Kier alpha value is -0.610. The predicted molar refractivity (Wildman–Crippen MR) is 53.3 cm³/mol. The van der Waals surface area contributed by atoms with Crippen LogP contribution in [0.25, 0.3) is 0 Å². The molecule has 0 aromatic heterocycles. The van der Waals surface area contributed by atoms with Crippen molar-refractivity contribution < 1.29 is 14.2 Å². The molecule has 0 bridgehead atoms. The number of hydroxylamine groups is 3. The maximum Gasteiger partial charge on any atom is 0.309 e. The highest BCUT2D eigenvalue weighted by Gasteiger charge is 2.26. The van der Waals surface area contributed by atoms with Gasteiger partial charge in [0.2, 0.25) is 0 Å². The van der Waals surface area contributed by atoms with Crippen LogP contribution in [0, 0.1) is 11.1 Å². The van der Waals surface area contributed by atoms with Crippen LogP contribution in [0.5, 0.6) is 0 Å². The summed E-state index contributed by atoms with van der Waals surface area (Å²) in [6, 6.07) is 0. The summed E-state index contributed by atoms with van der Waals surface area (Å²) >= 11 is 0. The quantitative estimate of drug-likeness (QED) is 0.384. The van der Waals surface area contributed by atoms with Gasteiger partial charge in [0.1, 0.15) is 0 Å². The topological polar surface area (TPSA) is 49.4 Å². The summed E-state index contributed by atoms with van der Waals surface area (Å²) in [7, 11) is 1.67. The highest BCUT2D eigenvalue weighted by molar-refractivity contribution is 5.72. The molecule has 4 heteroatoms. The lowest BCUT2D eigenvalue weighted by Gasteiger charge is -2.37. The average Bonchev–Trinajstić information content (AvgIpc) is 2.27. The average molecular weight is 201 g/mol. The Morgan fingerprint density at radius 2 is 2.21 bits per heavy atom. The number of carbonyl (C=O) groups excluding carboxylic acids is 1. The Labute approximate surface area is 85.0 Å². The third-order valence-electron chi connectivity index (χ3n) is 2.75. The molecule has 0 aliphatic carbocycles. The molecule has 2 atom stereocenters. The van der Waals surface area contributed by atoms with Crippen molar-refractivity contribution in [3.05, 3.63) is 5.21 Å². The van der Waals surface area contributed by atoms with Gasteiger partial charge in [-0.2, -0.15) is 0 Å². The van der Waals surface area contributed by atoms with Gasteiger partial charge in [0.15, 0.2) is 0 Å². The number of carbonyl (C=O) groups is 1. The monoisotopic (exact) mass is 201 g/mol. The number of esters is 1. The first-order valence-electron chi connectivity index (χ1n) is 5.27. The maximum absolute atomic E-state index is 11.7. The van der Waals surface area contributed by atoms with Crippen LogP contribution >= 0.6 is 0 Å². The largest absolute Gasteiger partial charge is 0.633 e. The third kappa shape index (κ3) is 3.27. The van der Waals surface area contributed by atoms with Gasteiger partial charge in [-0.25, -0.2) is 0 Å². The molecule has 14 heavy (non-hydrogen) atoms. The summed E-state index contributed by atoms with van der Waals surface area (Å²) in [5.74, 6) is -0.182. The summed E-state index contributed by atoms with van der Waals surface area (Å²) in [6.45, 7) is 3.39. The zero-order valence-corrected chi connectivity index (χ0v) is 8.99. The van der Waals surface area contributed by atoms with Gasteiger partial charge < -0.3 is 14.6 Å². The smallest absolute Gasteiger partial charge is 0.309 e. The second-order valence-corrected chi connectivity index (χ2v) is 4.12. The standard InChI is InChI=1S/C10H19NO3/c1-3-14-10(12)9-5-4-7-11(2,13)8-6-9/h9H,3-8H2,1-2H3. The summed E-state index contributed by atoms with van der Waals surface area (Å²) in [4.78, 5) is 11.4. The molecule has 0 N–H and O–H groups in total. The number of hydrogen-bond acceptors (Lipinski definition) is 3. The van der Waals surface area contributed by atoms with E-state index in [1.807, 2.05) is 6.92 Å². The van der Waals surface area contributed by atoms with Crippen molar-refractivity contribution in [3.8, 4) is 0 Å². The van der Waals surface area contributed by atoms with Gasteiger partial charge in [0.25, 0.3) is 0 Å².